The SMILES string of the molecule is CCC(CC(=O)NS(=O)(=O)C(F)(F)F)N1CCC[C@H]1CP(c1ccccc1)c1ccccc1. The van der Waals surface area contributed by atoms with Gasteiger partial charge in [0.05, 0.1) is 0 Å². The minimum atomic E-state index is -5.69. The van der Waals surface area contributed by atoms with Crippen LogP contribution >= 0.6 is 7.92 Å². The molecule has 33 heavy (non-hydrogen) atoms. The molecule has 1 heterocycles. The van der Waals surface area contributed by atoms with Crippen LogP contribution in [0, 0.1) is 0 Å². The number of alkyl halides is 3. The first-order chi connectivity index (χ1) is 15.6. The molecule has 2 aromatic rings. The second-order valence-electron chi connectivity index (χ2n) is 8.06. The van der Waals surface area contributed by atoms with Crippen LogP contribution in [0.25, 0.3) is 0 Å². The van der Waals surface area contributed by atoms with Crippen molar-refractivity contribution < 1.29 is 26.4 Å². The Morgan fingerprint density at radius 2 is 1.64 bits per heavy atom. The Kier molecular flexibility index (Phi) is 8.54. The molecule has 0 radical (unpaired) electrons. The Morgan fingerprint density at radius 3 is 2.12 bits per heavy atom. The largest absolute Gasteiger partial charge is 0.516 e. The quantitative estimate of drug-likeness (QED) is 0.533. The Hall–Kier alpha value is -1.96. The van der Waals surface area contributed by atoms with Crippen molar-refractivity contribution in [3.05, 3.63) is 60.7 Å². The summed E-state index contributed by atoms with van der Waals surface area (Å²) in [7, 11) is -6.36. The number of sulfonamides is 1. The summed E-state index contributed by atoms with van der Waals surface area (Å²) >= 11 is 0. The van der Waals surface area contributed by atoms with Crippen LogP contribution in [0.4, 0.5) is 13.2 Å². The molecule has 0 spiro atoms. The van der Waals surface area contributed by atoms with Crippen LogP contribution in [0.5, 0.6) is 0 Å². The lowest BCUT2D eigenvalue weighted by atomic mass is 10.1. The van der Waals surface area contributed by atoms with E-state index in [2.05, 4.69) is 29.2 Å². The third-order valence-corrected chi connectivity index (χ3v) is 9.60. The van der Waals surface area contributed by atoms with Crippen LogP contribution in [0.15, 0.2) is 60.7 Å². The molecule has 180 valence electrons. The highest BCUT2D eigenvalue weighted by atomic mass is 32.2. The highest BCUT2D eigenvalue weighted by Crippen LogP contribution is 2.38. The lowest BCUT2D eigenvalue weighted by Crippen LogP contribution is -2.46. The van der Waals surface area contributed by atoms with Crippen molar-refractivity contribution in [1.29, 1.82) is 0 Å². The van der Waals surface area contributed by atoms with E-state index >= 15 is 0 Å². The van der Waals surface area contributed by atoms with Crippen molar-refractivity contribution in [3.8, 4) is 0 Å². The van der Waals surface area contributed by atoms with E-state index < -0.39 is 29.4 Å². The molecule has 10 heteroatoms. The summed E-state index contributed by atoms with van der Waals surface area (Å²) in [6.45, 7) is 2.60. The number of amides is 1. The fourth-order valence-electron chi connectivity index (χ4n) is 4.28. The molecule has 0 aromatic heterocycles. The Balaban J connectivity index is 1.76. The second kappa shape index (κ2) is 11.0. The summed E-state index contributed by atoms with van der Waals surface area (Å²) < 4.78 is 61.7. The molecule has 2 atom stereocenters. The van der Waals surface area contributed by atoms with E-state index in [1.54, 1.807) is 0 Å². The minimum Gasteiger partial charge on any atom is -0.297 e. The van der Waals surface area contributed by atoms with Crippen molar-refractivity contribution in [3.63, 3.8) is 0 Å². The zero-order valence-corrected chi connectivity index (χ0v) is 20.0. The molecule has 2 aromatic carbocycles. The van der Waals surface area contributed by atoms with Gasteiger partial charge in [0.1, 0.15) is 0 Å². The molecule has 0 bridgehead atoms. The average molecular weight is 501 g/mol. The van der Waals surface area contributed by atoms with E-state index in [9.17, 15) is 26.4 Å². The first-order valence-electron chi connectivity index (χ1n) is 10.9. The van der Waals surface area contributed by atoms with E-state index in [0.29, 0.717) is 6.42 Å². The normalized spacial score (nSPS) is 18.4. The number of halogens is 3. The average Bonchev–Trinajstić information content (AvgIpc) is 3.24. The van der Waals surface area contributed by atoms with Gasteiger partial charge in [0.2, 0.25) is 5.91 Å². The molecule has 0 saturated carbocycles. The van der Waals surface area contributed by atoms with Gasteiger partial charge in [-0.2, -0.15) is 21.6 Å². The maximum atomic E-state index is 12.6. The highest BCUT2D eigenvalue weighted by molar-refractivity contribution is 7.90. The number of carbonyl (C=O) groups is 1. The molecular formula is C23H28F3N2O3PS. The first-order valence-corrected chi connectivity index (χ1v) is 13.9. The van der Waals surface area contributed by atoms with Gasteiger partial charge in [0, 0.05) is 18.5 Å². The molecule has 1 aliphatic rings. The smallest absolute Gasteiger partial charge is 0.297 e. The van der Waals surface area contributed by atoms with Gasteiger partial charge >= 0.3 is 15.5 Å². The number of hydrogen-bond donors (Lipinski definition) is 1. The first kappa shape index (κ1) is 25.7. The lowest BCUT2D eigenvalue weighted by Gasteiger charge is -2.34. The van der Waals surface area contributed by atoms with E-state index in [4.69, 9.17) is 0 Å². The Bertz CT molecular complexity index is 981. The lowest BCUT2D eigenvalue weighted by molar-refractivity contribution is -0.121. The topological polar surface area (TPSA) is 66.5 Å². The maximum absolute atomic E-state index is 12.6. The maximum Gasteiger partial charge on any atom is 0.516 e. The molecule has 0 aliphatic carbocycles. The standard InChI is InChI=1S/C23H28F3N2O3PS/c1-2-18(16-22(29)27-33(30,31)23(24,25)26)28-15-9-10-19(28)17-32(20-11-5-3-6-12-20)21-13-7-4-8-14-21/h3-8,11-14,18-19H,2,9-10,15-17H2,1H3,(H,27,29)/t18?,19-/m0/s1. The second-order valence-corrected chi connectivity index (χ2v) is 12.0. The molecule has 1 aliphatic heterocycles. The summed E-state index contributed by atoms with van der Waals surface area (Å²) in [5.41, 5.74) is -5.51. The number of carbonyl (C=O) groups excluding carboxylic acids is 1. The van der Waals surface area contributed by atoms with Gasteiger partial charge in [-0.3, -0.25) is 9.69 Å². The summed E-state index contributed by atoms with van der Waals surface area (Å²) in [4.78, 5) is 14.4. The number of hydrogen-bond acceptors (Lipinski definition) is 4. The Morgan fingerprint density at radius 1 is 1.09 bits per heavy atom. The Labute approximate surface area is 194 Å². The van der Waals surface area contributed by atoms with Crippen molar-refractivity contribution >= 4 is 34.5 Å². The fraction of sp³-hybridized carbons (Fsp3) is 0.435. The van der Waals surface area contributed by atoms with Crippen molar-refractivity contribution in [1.82, 2.24) is 9.62 Å². The monoisotopic (exact) mass is 500 g/mol. The number of benzene rings is 2. The minimum absolute atomic E-state index is 0.161. The summed E-state index contributed by atoms with van der Waals surface area (Å²) in [6, 6.07) is 20.3. The van der Waals surface area contributed by atoms with E-state index in [1.165, 1.54) is 15.3 Å². The van der Waals surface area contributed by atoms with Crippen LogP contribution in [0.3, 0.4) is 0 Å². The fourth-order valence-corrected chi connectivity index (χ4v) is 7.38. The molecule has 5 nitrogen and oxygen atoms in total. The molecule has 1 fully saturated rings. The zero-order valence-electron chi connectivity index (χ0n) is 18.3. The van der Waals surface area contributed by atoms with Gasteiger partial charge in [0.25, 0.3) is 0 Å². The number of nitrogens with one attached hydrogen (secondary N) is 1. The van der Waals surface area contributed by atoms with Gasteiger partial charge in [-0.1, -0.05) is 67.6 Å². The van der Waals surface area contributed by atoms with Crippen molar-refractivity contribution in [2.24, 2.45) is 0 Å². The molecular weight excluding hydrogens is 472 g/mol. The molecule has 1 unspecified atom stereocenters. The summed E-state index contributed by atoms with van der Waals surface area (Å²) in [6.07, 6.45) is 2.96. The summed E-state index contributed by atoms with van der Waals surface area (Å²) in [5.74, 6) is -1.13. The molecule has 1 N–H and O–H groups in total. The van der Waals surface area contributed by atoms with Crippen LogP contribution in [-0.2, 0) is 14.8 Å². The third-order valence-electron chi connectivity index (χ3n) is 5.87. The van der Waals surface area contributed by atoms with E-state index in [0.717, 1.165) is 25.5 Å². The molecule has 3 rings (SSSR count). The van der Waals surface area contributed by atoms with Gasteiger partial charge in [0.15, 0.2) is 0 Å². The molecule has 1 amide bonds. The van der Waals surface area contributed by atoms with Gasteiger partial charge in [-0.05, 0) is 50.5 Å². The van der Waals surface area contributed by atoms with E-state index in [1.807, 2.05) is 43.3 Å². The van der Waals surface area contributed by atoms with Crippen LogP contribution in [0.1, 0.15) is 32.6 Å². The predicted octanol–water partition coefficient (Wildman–Crippen LogP) is 3.72. The van der Waals surface area contributed by atoms with Gasteiger partial charge in [-0.15, -0.1) is 0 Å². The highest BCUT2D eigenvalue weighted by Gasteiger charge is 2.47. The zero-order chi connectivity index (χ0) is 24.1. The van der Waals surface area contributed by atoms with Crippen LogP contribution < -0.4 is 15.3 Å². The van der Waals surface area contributed by atoms with Crippen LogP contribution in [-0.4, -0.2) is 49.5 Å². The molecule has 1 saturated heterocycles. The summed E-state index contributed by atoms with van der Waals surface area (Å²) in [5, 5.41) is 2.49. The number of likely N-dealkylation sites (tertiary alicyclic amines) is 1. The van der Waals surface area contributed by atoms with Crippen molar-refractivity contribution in [2.75, 3.05) is 12.7 Å². The van der Waals surface area contributed by atoms with Gasteiger partial charge < -0.3 is 0 Å². The van der Waals surface area contributed by atoms with Gasteiger partial charge in [-0.25, -0.2) is 4.72 Å². The van der Waals surface area contributed by atoms with Crippen molar-refractivity contribution in [2.45, 2.75) is 50.2 Å². The number of rotatable bonds is 9. The predicted molar refractivity (Wildman–Crippen MR) is 125 cm³/mol. The number of nitrogens with zero attached hydrogens (tertiary/aromatic N) is 1. The van der Waals surface area contributed by atoms with Crippen LogP contribution in [0.2, 0.25) is 0 Å². The van der Waals surface area contributed by atoms with E-state index in [-0.39, 0.29) is 18.5 Å². The third kappa shape index (κ3) is 6.55.